The van der Waals surface area contributed by atoms with Gasteiger partial charge in [0.05, 0.1) is 0 Å². The first-order valence-electron chi connectivity index (χ1n) is 11.6. The minimum atomic E-state index is -2.72. The first-order chi connectivity index (χ1) is 18.9. The molecule has 210 valence electrons. The number of amides is 1. The highest BCUT2D eigenvalue weighted by atomic mass is 79.9. The average Bonchev–Trinajstić information content (AvgIpc) is 2.95. The summed E-state index contributed by atoms with van der Waals surface area (Å²) in [6.45, 7) is 0. The number of hydrogen-bond donors (Lipinski definition) is 0. The largest absolute Gasteiger partial charge is 0.345 e. The summed E-state index contributed by atoms with van der Waals surface area (Å²) in [5.74, 6) is -1.62. The third kappa shape index (κ3) is 9.68. The van der Waals surface area contributed by atoms with E-state index in [0.717, 1.165) is 16.6 Å². The van der Waals surface area contributed by atoms with Crippen molar-refractivity contribution < 1.29 is 35.9 Å². The van der Waals surface area contributed by atoms with Gasteiger partial charge < -0.3 is 4.90 Å². The Morgan fingerprint density at radius 2 is 1.02 bits per heavy atom. The van der Waals surface area contributed by atoms with Gasteiger partial charge in [-0.05, 0) is 54.6 Å². The Labute approximate surface area is 236 Å². The van der Waals surface area contributed by atoms with E-state index in [1.165, 1.54) is 85.7 Å². The van der Waals surface area contributed by atoms with E-state index in [1.807, 2.05) is 0 Å². The number of ketones is 1. The summed E-state index contributed by atoms with van der Waals surface area (Å²) in [5.41, 5.74) is -0.339. The molecule has 3 nitrogen and oxygen atoms in total. The summed E-state index contributed by atoms with van der Waals surface area (Å²) >= 11 is 3.18. The molecule has 10 heteroatoms. The number of hydrogen-bond acceptors (Lipinski definition) is 2. The van der Waals surface area contributed by atoms with Crippen molar-refractivity contribution in [1.29, 1.82) is 0 Å². The van der Waals surface area contributed by atoms with Gasteiger partial charge in [0.2, 0.25) is 0 Å². The molecule has 0 bridgehead atoms. The standard InChI is InChI=1S/C14H9F3O.C10H11F2NO.C6H4BrF/c15-10-7-5-9(6-8-10)13(18)11-3-1-2-4-12(11)14(16)17;1-13(2)10(14)8-6-4-3-5-7(8)9(11)12;7-5-1-3-6(8)4-2-5/h1-8,14H;3-6,9H,1-2H3;1-4H. The molecule has 4 aromatic carbocycles. The maximum absolute atomic E-state index is 12.8. The van der Waals surface area contributed by atoms with Gasteiger partial charge in [0.25, 0.3) is 18.8 Å². The van der Waals surface area contributed by atoms with Crippen LogP contribution in [0.2, 0.25) is 0 Å². The third-order valence-corrected chi connectivity index (χ3v) is 5.71. The van der Waals surface area contributed by atoms with Gasteiger partial charge in [-0.2, -0.15) is 0 Å². The van der Waals surface area contributed by atoms with Crippen LogP contribution in [0.25, 0.3) is 0 Å². The normalized spacial score (nSPS) is 10.3. The zero-order valence-corrected chi connectivity index (χ0v) is 22.9. The molecule has 0 saturated heterocycles. The van der Waals surface area contributed by atoms with Crippen LogP contribution in [0.15, 0.2) is 102 Å². The summed E-state index contributed by atoms with van der Waals surface area (Å²) in [5, 5.41) is 0. The molecule has 0 spiro atoms. The molecule has 0 aromatic heterocycles. The molecule has 0 atom stereocenters. The molecule has 0 aliphatic rings. The molecular formula is C30H24BrF6NO2. The molecule has 0 saturated carbocycles. The Balaban J connectivity index is 0.000000226. The van der Waals surface area contributed by atoms with E-state index in [4.69, 9.17) is 0 Å². The zero-order chi connectivity index (χ0) is 29.8. The Hall–Kier alpha value is -3.92. The number of alkyl halides is 4. The molecule has 4 rings (SSSR count). The van der Waals surface area contributed by atoms with E-state index in [2.05, 4.69) is 15.9 Å². The van der Waals surface area contributed by atoms with Crippen molar-refractivity contribution >= 4 is 27.6 Å². The first kappa shape index (κ1) is 32.3. The lowest BCUT2D eigenvalue weighted by Gasteiger charge is -2.13. The maximum Gasteiger partial charge on any atom is 0.264 e. The van der Waals surface area contributed by atoms with E-state index in [1.54, 1.807) is 18.2 Å². The molecular weight excluding hydrogens is 600 g/mol. The second-order valence-electron chi connectivity index (χ2n) is 8.25. The van der Waals surface area contributed by atoms with Crippen LogP contribution in [0, 0.1) is 11.6 Å². The van der Waals surface area contributed by atoms with Crippen LogP contribution in [-0.2, 0) is 0 Å². The first-order valence-corrected chi connectivity index (χ1v) is 12.4. The quantitative estimate of drug-likeness (QED) is 0.164. The van der Waals surface area contributed by atoms with Gasteiger partial charge in [-0.15, -0.1) is 0 Å². The summed E-state index contributed by atoms with van der Waals surface area (Å²) in [6, 6.07) is 22.2. The van der Waals surface area contributed by atoms with Gasteiger partial charge in [-0.1, -0.05) is 58.4 Å². The molecule has 0 N–H and O–H groups in total. The van der Waals surface area contributed by atoms with Gasteiger partial charge in [0.15, 0.2) is 5.78 Å². The van der Waals surface area contributed by atoms with Gasteiger partial charge in [0.1, 0.15) is 11.6 Å². The van der Waals surface area contributed by atoms with E-state index >= 15 is 0 Å². The van der Waals surface area contributed by atoms with Crippen LogP contribution in [0.3, 0.4) is 0 Å². The second kappa shape index (κ2) is 15.6. The highest BCUT2D eigenvalue weighted by molar-refractivity contribution is 9.10. The smallest absolute Gasteiger partial charge is 0.264 e. The number of benzene rings is 4. The van der Waals surface area contributed by atoms with Crippen molar-refractivity contribution in [2.45, 2.75) is 12.9 Å². The highest BCUT2D eigenvalue weighted by Gasteiger charge is 2.19. The zero-order valence-electron chi connectivity index (χ0n) is 21.3. The summed E-state index contributed by atoms with van der Waals surface area (Å²) in [6.07, 6.45) is -5.33. The number of carbonyl (C=O) groups excluding carboxylic acids is 2. The minimum absolute atomic E-state index is 0.0564. The lowest BCUT2D eigenvalue weighted by atomic mass is 9.98. The van der Waals surface area contributed by atoms with E-state index in [0.29, 0.717) is 0 Å². The van der Waals surface area contributed by atoms with Crippen LogP contribution < -0.4 is 0 Å². The van der Waals surface area contributed by atoms with E-state index in [9.17, 15) is 35.9 Å². The minimum Gasteiger partial charge on any atom is -0.345 e. The van der Waals surface area contributed by atoms with Crippen molar-refractivity contribution in [3.63, 3.8) is 0 Å². The molecule has 0 fully saturated rings. The third-order valence-electron chi connectivity index (χ3n) is 5.18. The average molecular weight is 624 g/mol. The Morgan fingerprint density at radius 1 is 0.625 bits per heavy atom. The maximum atomic E-state index is 12.8. The molecule has 0 aliphatic carbocycles. The summed E-state index contributed by atoms with van der Waals surface area (Å²) in [7, 11) is 3.06. The Morgan fingerprint density at radius 3 is 1.45 bits per heavy atom. The molecule has 1 amide bonds. The SMILES string of the molecule is CN(C)C(=O)c1ccccc1C(F)F.Fc1ccc(Br)cc1.O=C(c1ccc(F)cc1)c1ccccc1C(F)F. The number of nitrogens with zero attached hydrogens (tertiary/aromatic N) is 1. The van der Waals surface area contributed by atoms with Crippen LogP contribution in [-0.4, -0.2) is 30.7 Å². The molecule has 40 heavy (non-hydrogen) atoms. The fraction of sp³-hybridized carbons (Fsp3) is 0.133. The van der Waals surface area contributed by atoms with Crippen LogP contribution in [0.5, 0.6) is 0 Å². The summed E-state index contributed by atoms with van der Waals surface area (Å²) < 4.78 is 76.2. The lowest BCUT2D eigenvalue weighted by molar-refractivity contribution is 0.0815. The number of rotatable bonds is 5. The molecule has 0 aliphatic heterocycles. The van der Waals surface area contributed by atoms with Crippen LogP contribution in [0.4, 0.5) is 26.3 Å². The second-order valence-corrected chi connectivity index (χ2v) is 9.16. The predicted octanol–water partition coefficient (Wildman–Crippen LogP) is 8.91. The van der Waals surface area contributed by atoms with Crippen molar-refractivity contribution in [3.8, 4) is 0 Å². The lowest BCUT2D eigenvalue weighted by Crippen LogP contribution is -2.23. The Kier molecular flexibility index (Phi) is 12.6. The molecule has 4 aromatic rings. The van der Waals surface area contributed by atoms with Crippen LogP contribution in [0.1, 0.15) is 50.3 Å². The van der Waals surface area contributed by atoms with Gasteiger partial charge >= 0.3 is 0 Å². The van der Waals surface area contributed by atoms with Crippen molar-refractivity contribution in [2.75, 3.05) is 14.1 Å². The van der Waals surface area contributed by atoms with Crippen molar-refractivity contribution in [3.05, 3.63) is 141 Å². The summed E-state index contributed by atoms with van der Waals surface area (Å²) in [4.78, 5) is 24.8. The fourth-order valence-corrected chi connectivity index (χ4v) is 3.47. The van der Waals surface area contributed by atoms with Gasteiger partial charge in [0, 0.05) is 46.4 Å². The van der Waals surface area contributed by atoms with Crippen LogP contribution >= 0.6 is 15.9 Å². The number of halogens is 7. The van der Waals surface area contributed by atoms with E-state index < -0.39 is 30.4 Å². The van der Waals surface area contributed by atoms with E-state index in [-0.39, 0.29) is 33.6 Å². The Bertz CT molecular complexity index is 1370. The van der Waals surface area contributed by atoms with Crippen molar-refractivity contribution in [2.24, 2.45) is 0 Å². The molecule has 0 unspecified atom stereocenters. The van der Waals surface area contributed by atoms with Crippen molar-refractivity contribution in [1.82, 2.24) is 4.90 Å². The van der Waals surface area contributed by atoms with Gasteiger partial charge in [-0.25, -0.2) is 26.3 Å². The predicted molar refractivity (Wildman–Crippen MR) is 145 cm³/mol. The fourth-order valence-electron chi connectivity index (χ4n) is 3.20. The number of carbonyl (C=O) groups is 2. The monoisotopic (exact) mass is 623 g/mol. The topological polar surface area (TPSA) is 37.4 Å². The molecule has 0 radical (unpaired) electrons. The molecule has 0 heterocycles. The van der Waals surface area contributed by atoms with Gasteiger partial charge in [-0.3, -0.25) is 9.59 Å². The highest BCUT2D eigenvalue weighted by Crippen LogP contribution is 2.25.